The van der Waals surface area contributed by atoms with Crippen molar-refractivity contribution >= 4 is 40.3 Å². The quantitative estimate of drug-likeness (QED) is 0.633. The van der Waals surface area contributed by atoms with Gasteiger partial charge in [-0.25, -0.2) is 4.98 Å². The molecule has 3 heterocycles. The number of alkyl halides is 1. The molecule has 2 aromatic rings. The summed E-state index contributed by atoms with van der Waals surface area (Å²) in [4.78, 5) is 12.1. The first-order valence-corrected chi connectivity index (χ1v) is 6.47. The number of aromatic nitrogens is 4. The van der Waals surface area contributed by atoms with Gasteiger partial charge in [0.1, 0.15) is 5.52 Å². The molecule has 3 unspecified atom stereocenters. The van der Waals surface area contributed by atoms with Gasteiger partial charge in [-0.1, -0.05) is 11.6 Å². The van der Waals surface area contributed by atoms with Crippen LogP contribution in [0.15, 0.2) is 6.33 Å². The molecule has 19 heavy (non-hydrogen) atoms. The first-order valence-electron chi connectivity index (χ1n) is 5.66. The van der Waals surface area contributed by atoms with Crippen molar-refractivity contribution in [2.45, 2.75) is 24.1 Å². The molecule has 2 aromatic heterocycles. The largest absolute Gasteiger partial charge is 0.394 e. The van der Waals surface area contributed by atoms with Gasteiger partial charge in [0.05, 0.1) is 24.4 Å². The Labute approximate surface area is 118 Å². The zero-order chi connectivity index (χ0) is 13.6. The summed E-state index contributed by atoms with van der Waals surface area (Å²) >= 11 is 12.2. The number of ether oxygens (including phenoxy) is 1. The van der Waals surface area contributed by atoms with Crippen molar-refractivity contribution in [2.24, 2.45) is 0 Å². The van der Waals surface area contributed by atoms with Gasteiger partial charge in [-0.05, 0) is 6.42 Å². The molecular weight excluding hydrogens is 293 g/mol. The van der Waals surface area contributed by atoms with Gasteiger partial charge in [-0.15, -0.1) is 11.6 Å². The van der Waals surface area contributed by atoms with E-state index in [0.29, 0.717) is 17.6 Å². The Morgan fingerprint density at radius 1 is 1.53 bits per heavy atom. The molecule has 1 fully saturated rings. The Morgan fingerprint density at radius 3 is 3.00 bits per heavy atom. The maximum atomic E-state index is 9.13. The number of rotatable bonds is 2. The Kier molecular flexibility index (Phi) is 3.22. The molecule has 0 spiro atoms. The molecule has 3 atom stereocenters. The summed E-state index contributed by atoms with van der Waals surface area (Å²) in [6.07, 6.45) is 1.33. The zero-order valence-corrected chi connectivity index (χ0v) is 11.2. The van der Waals surface area contributed by atoms with Gasteiger partial charge in [0.15, 0.2) is 17.0 Å². The van der Waals surface area contributed by atoms with Crippen LogP contribution in [0.3, 0.4) is 0 Å². The zero-order valence-electron chi connectivity index (χ0n) is 9.70. The molecule has 0 amide bonds. The standard InChI is InChI=1S/C10H11Cl2N5O2/c11-5-1-4(2-18)19-9(5)17-3-14-6-7(12)15-10(13)16-8(6)17/h3-5,9,18H,1-2H2,(H2,13,15,16). The monoisotopic (exact) mass is 303 g/mol. The number of hydrogen-bond donors (Lipinski definition) is 2. The second-order valence-electron chi connectivity index (χ2n) is 4.28. The molecule has 1 aliphatic heterocycles. The normalized spacial score (nSPS) is 27.2. The van der Waals surface area contributed by atoms with Crippen LogP contribution in [-0.4, -0.2) is 42.7 Å². The summed E-state index contributed by atoms with van der Waals surface area (Å²) in [5.41, 5.74) is 6.48. The molecular formula is C10H11Cl2N5O2. The van der Waals surface area contributed by atoms with Crippen molar-refractivity contribution in [1.29, 1.82) is 0 Å². The molecule has 3 rings (SSSR count). The van der Waals surface area contributed by atoms with Gasteiger partial charge in [0, 0.05) is 0 Å². The number of nitrogens with two attached hydrogens (primary N) is 1. The Bertz CT molecular complexity index is 619. The first kappa shape index (κ1) is 12.9. The van der Waals surface area contributed by atoms with E-state index in [-0.39, 0.29) is 29.2 Å². The number of nitrogens with zero attached hydrogens (tertiary/aromatic N) is 4. The van der Waals surface area contributed by atoms with Gasteiger partial charge in [-0.3, -0.25) is 4.57 Å². The van der Waals surface area contributed by atoms with E-state index in [4.69, 9.17) is 38.8 Å². The van der Waals surface area contributed by atoms with Gasteiger partial charge in [-0.2, -0.15) is 9.97 Å². The molecule has 0 aromatic carbocycles. The van der Waals surface area contributed by atoms with Crippen molar-refractivity contribution in [3.05, 3.63) is 11.5 Å². The maximum absolute atomic E-state index is 9.13. The highest BCUT2D eigenvalue weighted by Crippen LogP contribution is 2.35. The summed E-state index contributed by atoms with van der Waals surface area (Å²) in [5.74, 6) is 0.0575. The van der Waals surface area contributed by atoms with E-state index in [2.05, 4.69) is 15.0 Å². The highest BCUT2D eigenvalue weighted by Gasteiger charge is 2.36. The van der Waals surface area contributed by atoms with E-state index < -0.39 is 6.23 Å². The lowest BCUT2D eigenvalue weighted by atomic mass is 10.2. The van der Waals surface area contributed by atoms with Crippen molar-refractivity contribution in [1.82, 2.24) is 19.5 Å². The molecule has 0 bridgehead atoms. The van der Waals surface area contributed by atoms with Gasteiger partial charge in [0.2, 0.25) is 5.95 Å². The summed E-state index contributed by atoms with van der Waals surface area (Å²) in [6, 6.07) is 0. The fourth-order valence-electron chi connectivity index (χ4n) is 2.15. The van der Waals surface area contributed by atoms with E-state index >= 15 is 0 Å². The molecule has 7 nitrogen and oxygen atoms in total. The molecule has 9 heteroatoms. The third-order valence-corrected chi connectivity index (χ3v) is 3.66. The van der Waals surface area contributed by atoms with Gasteiger partial charge in [0.25, 0.3) is 0 Å². The fraction of sp³-hybridized carbons (Fsp3) is 0.500. The van der Waals surface area contributed by atoms with E-state index in [1.54, 1.807) is 4.57 Å². The molecule has 1 aliphatic rings. The van der Waals surface area contributed by atoms with Crippen LogP contribution in [0.5, 0.6) is 0 Å². The number of halogens is 2. The van der Waals surface area contributed by atoms with E-state index in [0.717, 1.165) is 0 Å². The number of imidazole rings is 1. The predicted molar refractivity (Wildman–Crippen MR) is 70.0 cm³/mol. The number of anilines is 1. The SMILES string of the molecule is Nc1nc(Cl)c2ncn(C3OC(CO)CC3Cl)c2n1. The van der Waals surface area contributed by atoms with Crippen LogP contribution in [0.25, 0.3) is 11.2 Å². The molecule has 0 saturated carbocycles. The highest BCUT2D eigenvalue weighted by atomic mass is 35.5. The van der Waals surface area contributed by atoms with Crippen LogP contribution in [0.2, 0.25) is 5.15 Å². The van der Waals surface area contributed by atoms with Crippen LogP contribution < -0.4 is 5.73 Å². The summed E-state index contributed by atoms with van der Waals surface area (Å²) in [6.45, 7) is -0.0791. The van der Waals surface area contributed by atoms with E-state index in [1.165, 1.54) is 6.33 Å². The summed E-state index contributed by atoms with van der Waals surface area (Å²) < 4.78 is 7.31. The predicted octanol–water partition coefficient (Wildman–Crippen LogP) is 0.949. The second kappa shape index (κ2) is 4.75. The summed E-state index contributed by atoms with van der Waals surface area (Å²) in [7, 11) is 0. The molecule has 102 valence electrons. The van der Waals surface area contributed by atoms with Crippen LogP contribution in [0.1, 0.15) is 12.6 Å². The lowest BCUT2D eigenvalue weighted by molar-refractivity contribution is -0.0199. The Morgan fingerprint density at radius 2 is 2.32 bits per heavy atom. The fourth-order valence-corrected chi connectivity index (χ4v) is 2.75. The number of aliphatic hydroxyl groups excluding tert-OH is 1. The van der Waals surface area contributed by atoms with Crippen molar-refractivity contribution < 1.29 is 9.84 Å². The maximum Gasteiger partial charge on any atom is 0.223 e. The lowest BCUT2D eigenvalue weighted by Gasteiger charge is -2.16. The number of aliphatic hydroxyl groups is 1. The van der Waals surface area contributed by atoms with Gasteiger partial charge < -0.3 is 15.6 Å². The minimum Gasteiger partial charge on any atom is -0.394 e. The van der Waals surface area contributed by atoms with E-state index in [1.807, 2.05) is 0 Å². The molecule has 0 radical (unpaired) electrons. The molecule has 0 aliphatic carbocycles. The summed E-state index contributed by atoms with van der Waals surface area (Å²) in [5, 5.41) is 9.02. The topological polar surface area (TPSA) is 99.1 Å². The minimum absolute atomic E-state index is 0.0575. The number of hydrogen-bond acceptors (Lipinski definition) is 6. The molecule has 3 N–H and O–H groups in total. The van der Waals surface area contributed by atoms with Crippen molar-refractivity contribution in [3.8, 4) is 0 Å². The van der Waals surface area contributed by atoms with Crippen molar-refractivity contribution in [2.75, 3.05) is 12.3 Å². The van der Waals surface area contributed by atoms with Crippen LogP contribution in [0.4, 0.5) is 5.95 Å². The minimum atomic E-state index is -0.464. The third-order valence-electron chi connectivity index (χ3n) is 3.00. The van der Waals surface area contributed by atoms with Crippen LogP contribution in [-0.2, 0) is 4.74 Å². The first-order chi connectivity index (χ1) is 9.10. The van der Waals surface area contributed by atoms with E-state index in [9.17, 15) is 0 Å². The Balaban J connectivity index is 2.06. The highest BCUT2D eigenvalue weighted by molar-refractivity contribution is 6.33. The van der Waals surface area contributed by atoms with Crippen molar-refractivity contribution in [3.63, 3.8) is 0 Å². The average Bonchev–Trinajstić information content (AvgIpc) is 2.92. The number of fused-ring (bicyclic) bond motifs is 1. The van der Waals surface area contributed by atoms with Gasteiger partial charge >= 0.3 is 0 Å². The Hall–Kier alpha value is -1.15. The average molecular weight is 304 g/mol. The van der Waals surface area contributed by atoms with Crippen LogP contribution in [0, 0.1) is 0 Å². The number of nitrogen functional groups attached to an aromatic ring is 1. The second-order valence-corrected chi connectivity index (χ2v) is 5.20. The third kappa shape index (κ3) is 2.12. The lowest BCUT2D eigenvalue weighted by Crippen LogP contribution is -2.16. The molecule has 1 saturated heterocycles. The van der Waals surface area contributed by atoms with Crippen LogP contribution >= 0.6 is 23.2 Å². The smallest absolute Gasteiger partial charge is 0.223 e.